The van der Waals surface area contributed by atoms with E-state index in [1.807, 2.05) is 29.5 Å². The smallest absolute Gasteiger partial charge is 0.335 e. The second kappa shape index (κ2) is 12.5. The van der Waals surface area contributed by atoms with Crippen molar-refractivity contribution in [3.8, 4) is 0 Å². The minimum atomic E-state index is -1.90. The Bertz CT molecular complexity index is 719. The first-order valence-electron chi connectivity index (χ1n) is 10.7. The Morgan fingerprint density at radius 2 is 1.43 bits per heavy atom. The first-order valence-corrected chi connectivity index (χ1v) is 13.2. The van der Waals surface area contributed by atoms with Gasteiger partial charge in [-0.2, -0.15) is 0 Å². The van der Waals surface area contributed by atoms with Gasteiger partial charge in [-0.05, 0) is 29.5 Å². The van der Waals surface area contributed by atoms with E-state index in [4.69, 9.17) is 33.5 Å². The highest BCUT2D eigenvalue weighted by Gasteiger charge is 2.51. The lowest BCUT2D eigenvalue weighted by atomic mass is 9.98. The van der Waals surface area contributed by atoms with Crippen LogP contribution in [0.15, 0.2) is 0 Å². The standard InChI is InChI=1S/C19H30I2O14/c1-4-6(20)13(30-2)15(16(21)32-4)35-19-12(27)8(23)7(22)5(33-19)3-31-18-11(26)9(24)10(25)14(34-18)17(28)29/h4-16,18-19,22-27H,3H2,1-2H3,(H,28,29)/t4?,5?,6-,7+,8?,9?,10-,11?,12?,13?,14?,15-,16+,18-,19+/m0/s1. The monoisotopic (exact) mass is 736 g/mol. The highest BCUT2D eigenvalue weighted by Crippen LogP contribution is 2.35. The molecule has 0 bridgehead atoms. The number of hydrogen-bond donors (Lipinski definition) is 7. The summed E-state index contributed by atoms with van der Waals surface area (Å²) in [6.07, 6.45) is -18.2. The van der Waals surface area contributed by atoms with Gasteiger partial charge >= 0.3 is 5.97 Å². The molecule has 15 atom stereocenters. The summed E-state index contributed by atoms with van der Waals surface area (Å²) in [5, 5.41) is 70.1. The fraction of sp³-hybridized carbons (Fsp3) is 0.947. The van der Waals surface area contributed by atoms with Crippen molar-refractivity contribution in [3.63, 3.8) is 0 Å². The van der Waals surface area contributed by atoms with E-state index in [0.29, 0.717) is 0 Å². The van der Waals surface area contributed by atoms with Gasteiger partial charge in [0, 0.05) is 7.11 Å². The van der Waals surface area contributed by atoms with E-state index in [-0.39, 0.29) is 10.0 Å². The molecule has 204 valence electrons. The number of aliphatic hydroxyl groups excluding tert-OH is 6. The van der Waals surface area contributed by atoms with Gasteiger partial charge in [-0.25, -0.2) is 4.79 Å². The van der Waals surface area contributed by atoms with Crippen LogP contribution in [0.3, 0.4) is 0 Å². The topological polar surface area (TPSA) is 214 Å². The summed E-state index contributed by atoms with van der Waals surface area (Å²) < 4.78 is 32.8. The number of carbonyl (C=O) groups is 1. The van der Waals surface area contributed by atoms with Gasteiger partial charge in [-0.1, -0.05) is 22.6 Å². The number of alkyl halides is 2. The fourth-order valence-electron chi connectivity index (χ4n) is 4.06. The molecule has 0 saturated carbocycles. The molecule has 0 aliphatic carbocycles. The predicted molar refractivity (Wildman–Crippen MR) is 129 cm³/mol. The number of methoxy groups -OCH3 is 1. The van der Waals surface area contributed by atoms with E-state index >= 15 is 0 Å². The maximum absolute atomic E-state index is 11.3. The molecule has 0 amide bonds. The number of aliphatic carboxylic acids is 1. The van der Waals surface area contributed by atoms with Crippen LogP contribution >= 0.6 is 45.2 Å². The van der Waals surface area contributed by atoms with Gasteiger partial charge in [0.2, 0.25) is 0 Å². The molecule has 0 radical (unpaired) electrons. The number of aliphatic hydroxyl groups is 6. The Labute approximate surface area is 227 Å². The second-order valence-electron chi connectivity index (χ2n) is 8.52. The minimum absolute atomic E-state index is 0.0992. The van der Waals surface area contributed by atoms with E-state index < -0.39 is 90.3 Å². The third-order valence-corrected chi connectivity index (χ3v) is 8.88. The molecule has 3 aliphatic heterocycles. The molecular formula is C19H30I2O14. The van der Waals surface area contributed by atoms with Crippen molar-refractivity contribution >= 4 is 51.2 Å². The molecule has 16 heteroatoms. The van der Waals surface area contributed by atoms with Gasteiger partial charge < -0.3 is 64.2 Å². The lowest BCUT2D eigenvalue weighted by Crippen LogP contribution is -2.63. The van der Waals surface area contributed by atoms with Crippen LogP contribution in [0.25, 0.3) is 0 Å². The molecule has 35 heavy (non-hydrogen) atoms. The summed E-state index contributed by atoms with van der Waals surface area (Å²) in [5.41, 5.74) is 0. The summed E-state index contributed by atoms with van der Waals surface area (Å²) in [5.74, 6) is -1.59. The van der Waals surface area contributed by atoms with E-state index in [9.17, 15) is 35.4 Å². The summed E-state index contributed by atoms with van der Waals surface area (Å²) >= 11 is 4.18. The largest absolute Gasteiger partial charge is 0.479 e. The molecule has 3 heterocycles. The van der Waals surface area contributed by atoms with Crippen molar-refractivity contribution in [3.05, 3.63) is 0 Å². The number of rotatable bonds is 7. The van der Waals surface area contributed by atoms with Gasteiger partial charge in [0.1, 0.15) is 59.0 Å². The van der Waals surface area contributed by atoms with Crippen molar-refractivity contribution in [2.75, 3.05) is 13.7 Å². The van der Waals surface area contributed by atoms with Crippen LogP contribution in [0.5, 0.6) is 0 Å². The van der Waals surface area contributed by atoms with E-state index in [1.165, 1.54) is 7.11 Å². The average molecular weight is 736 g/mol. The molecule has 7 N–H and O–H groups in total. The lowest BCUT2D eigenvalue weighted by molar-refractivity contribution is -0.341. The SMILES string of the molecule is COC1[C@@H](I)C(C)O[C@@H](I)[C@H]1O[C@H]1OC(CO[C@H]2OC(C(=O)O)[C@@H](O)C(O)C2O)[C@@H](O)C(O)C1O. The van der Waals surface area contributed by atoms with Crippen LogP contribution in [0, 0.1) is 0 Å². The quantitative estimate of drug-likeness (QED) is 0.103. The summed E-state index contributed by atoms with van der Waals surface area (Å²) in [6.45, 7) is 1.33. The van der Waals surface area contributed by atoms with E-state index in [2.05, 4.69) is 22.6 Å². The average Bonchev–Trinajstić information content (AvgIpc) is 2.81. The summed E-state index contributed by atoms with van der Waals surface area (Å²) in [7, 11) is 1.51. The Hall–Kier alpha value is 0.450. The molecule has 3 fully saturated rings. The Balaban J connectivity index is 1.68. The Morgan fingerprint density at radius 3 is 2.03 bits per heavy atom. The first-order chi connectivity index (χ1) is 16.4. The fourth-order valence-corrected chi connectivity index (χ4v) is 5.97. The molecule has 14 nitrogen and oxygen atoms in total. The highest BCUT2D eigenvalue weighted by atomic mass is 127. The van der Waals surface area contributed by atoms with Crippen molar-refractivity contribution in [2.24, 2.45) is 0 Å². The molecule has 3 saturated heterocycles. The van der Waals surface area contributed by atoms with Gasteiger partial charge in [0.25, 0.3) is 0 Å². The minimum Gasteiger partial charge on any atom is -0.479 e. The van der Waals surface area contributed by atoms with Crippen LogP contribution in [-0.4, -0.2) is 143 Å². The van der Waals surface area contributed by atoms with Gasteiger partial charge in [-0.3, -0.25) is 0 Å². The zero-order chi connectivity index (χ0) is 26.2. The molecule has 0 aromatic heterocycles. The van der Waals surface area contributed by atoms with E-state index in [0.717, 1.165) is 0 Å². The summed E-state index contributed by atoms with van der Waals surface area (Å²) in [6, 6.07) is 0. The Morgan fingerprint density at radius 1 is 0.829 bits per heavy atom. The van der Waals surface area contributed by atoms with Crippen LogP contribution in [0.1, 0.15) is 6.92 Å². The first kappa shape index (κ1) is 30.0. The Kier molecular flexibility index (Phi) is 10.7. The van der Waals surface area contributed by atoms with Crippen LogP contribution in [-0.2, 0) is 33.2 Å². The van der Waals surface area contributed by atoms with Gasteiger partial charge in [-0.15, -0.1) is 0 Å². The highest BCUT2D eigenvalue weighted by molar-refractivity contribution is 14.1. The maximum atomic E-state index is 11.3. The molecule has 8 unspecified atom stereocenters. The summed E-state index contributed by atoms with van der Waals surface area (Å²) in [4.78, 5) is 11.3. The molecular weight excluding hydrogens is 706 g/mol. The zero-order valence-electron chi connectivity index (χ0n) is 18.6. The number of hydrogen-bond acceptors (Lipinski definition) is 13. The van der Waals surface area contributed by atoms with Crippen molar-refractivity contribution in [2.45, 2.75) is 94.7 Å². The lowest BCUT2D eigenvalue weighted by Gasteiger charge is -2.46. The molecule has 3 rings (SSSR count). The molecule has 0 aromatic carbocycles. The number of carboxylic acids is 1. The maximum Gasteiger partial charge on any atom is 0.335 e. The number of carboxylic acid groups (broad SMARTS) is 1. The number of ether oxygens (including phenoxy) is 6. The molecule has 0 spiro atoms. The number of halogens is 2. The van der Waals surface area contributed by atoms with Crippen molar-refractivity contribution in [1.29, 1.82) is 0 Å². The second-order valence-corrected chi connectivity index (χ2v) is 11.2. The van der Waals surface area contributed by atoms with Crippen molar-refractivity contribution < 1.29 is 69.0 Å². The predicted octanol–water partition coefficient (Wildman–Crippen LogP) is -2.91. The van der Waals surface area contributed by atoms with Gasteiger partial charge in [0.15, 0.2) is 18.7 Å². The normalized spacial score (nSPS) is 51.2. The van der Waals surface area contributed by atoms with Crippen molar-refractivity contribution in [1.82, 2.24) is 0 Å². The molecule has 3 aliphatic rings. The van der Waals surface area contributed by atoms with Crippen LogP contribution in [0.4, 0.5) is 0 Å². The third-order valence-electron chi connectivity index (χ3n) is 6.16. The van der Waals surface area contributed by atoms with Gasteiger partial charge in [0.05, 0.1) is 16.6 Å². The van der Waals surface area contributed by atoms with E-state index in [1.54, 1.807) is 0 Å². The zero-order valence-corrected chi connectivity index (χ0v) is 22.9. The van der Waals surface area contributed by atoms with Crippen LogP contribution < -0.4 is 0 Å². The molecule has 0 aromatic rings. The third kappa shape index (κ3) is 6.37. The van der Waals surface area contributed by atoms with Crippen LogP contribution in [0.2, 0.25) is 0 Å².